The molecule has 3 aromatic heterocycles. The minimum Gasteiger partial charge on any atom is -0.509 e. The molecule has 0 aliphatic carbocycles. The molecule has 0 atom stereocenters. The molecule has 0 aliphatic rings. The number of hydrogen-bond donors (Lipinski definition) is 0. The predicted octanol–water partition coefficient (Wildman–Crippen LogP) is 8.19. The number of aryl methyl sites for hydroxylation is 1. The fraction of sp³-hybridized carbons (Fsp3) is 0.0857. The fourth-order valence-electron chi connectivity index (χ4n) is 5.48. The van der Waals surface area contributed by atoms with E-state index >= 15 is 0 Å². The van der Waals surface area contributed by atoms with Crippen LogP contribution < -0.4 is 9.47 Å². The molecule has 0 N–H and O–H groups in total. The average molecular weight is 748 g/mol. The van der Waals surface area contributed by atoms with Crippen molar-refractivity contribution < 1.29 is 34.9 Å². The van der Waals surface area contributed by atoms with Gasteiger partial charge in [0.2, 0.25) is 0 Å². The third-order valence-electron chi connectivity index (χ3n) is 7.35. The molecule has 0 radical (unpaired) electrons. The van der Waals surface area contributed by atoms with Gasteiger partial charge in [0, 0.05) is 40.5 Å². The van der Waals surface area contributed by atoms with Gasteiger partial charge in [-0.15, -0.1) is 35.7 Å². The molecule has 214 valence electrons. The van der Waals surface area contributed by atoms with E-state index in [0.717, 1.165) is 50.2 Å². The predicted molar refractivity (Wildman–Crippen MR) is 161 cm³/mol. The van der Waals surface area contributed by atoms with Crippen LogP contribution in [0.15, 0.2) is 97.2 Å². The summed E-state index contributed by atoms with van der Waals surface area (Å²) in [5.41, 5.74) is 6.50. The Morgan fingerprint density at radius 1 is 0.814 bits per heavy atom. The van der Waals surface area contributed by atoms with Crippen LogP contribution in [0.25, 0.3) is 44.4 Å². The first-order valence-electron chi connectivity index (χ1n) is 13.5. The Hall–Kier alpha value is -4.74. The van der Waals surface area contributed by atoms with E-state index in [4.69, 9.17) is 14.6 Å². The molecule has 0 bridgehead atoms. The Kier molecular flexibility index (Phi) is 7.59. The molecule has 0 aliphatic heterocycles. The molecule has 0 saturated carbocycles. The number of halogens is 1. The topological polar surface area (TPSA) is 54.1 Å². The Bertz CT molecular complexity index is 2100. The van der Waals surface area contributed by atoms with Crippen LogP contribution in [0, 0.1) is 31.8 Å². The molecule has 4 aromatic carbocycles. The van der Waals surface area contributed by atoms with Crippen LogP contribution in [-0.2, 0) is 21.1 Å². The van der Waals surface area contributed by atoms with E-state index in [1.54, 1.807) is 7.11 Å². The van der Waals surface area contributed by atoms with Crippen LogP contribution in [0.5, 0.6) is 17.2 Å². The van der Waals surface area contributed by atoms with Gasteiger partial charge in [0.25, 0.3) is 0 Å². The zero-order valence-electron chi connectivity index (χ0n) is 23.5. The zero-order valence-corrected chi connectivity index (χ0v) is 25.8. The van der Waals surface area contributed by atoms with Crippen molar-refractivity contribution in [1.82, 2.24) is 19.3 Å². The van der Waals surface area contributed by atoms with Gasteiger partial charge in [-0.2, -0.15) is 17.2 Å². The number of nitrogens with zero attached hydrogens (tertiary/aromatic N) is 4. The summed E-state index contributed by atoms with van der Waals surface area (Å²) < 4.78 is 29.8. The van der Waals surface area contributed by atoms with Crippen LogP contribution >= 0.6 is 0 Å². The third kappa shape index (κ3) is 5.10. The summed E-state index contributed by atoms with van der Waals surface area (Å²) in [6.07, 6.45) is 1.45. The van der Waals surface area contributed by atoms with Gasteiger partial charge in [0.05, 0.1) is 12.8 Å². The van der Waals surface area contributed by atoms with Crippen molar-refractivity contribution in [2.24, 2.45) is 0 Å². The van der Waals surface area contributed by atoms with Crippen molar-refractivity contribution >= 4 is 21.8 Å². The molecule has 7 aromatic rings. The van der Waals surface area contributed by atoms with Crippen molar-refractivity contribution in [2.45, 2.75) is 13.8 Å². The zero-order chi connectivity index (χ0) is 28.8. The molecule has 7 rings (SSSR count). The number of methoxy groups -OCH3 is 1. The number of hydrogen-bond acceptors (Lipinski definition) is 4. The number of pyridine rings is 1. The minimum absolute atomic E-state index is 0. The molecule has 0 amide bonds. The summed E-state index contributed by atoms with van der Waals surface area (Å²) in [4.78, 5) is 4.44. The molecule has 0 spiro atoms. The molecule has 6 nitrogen and oxygen atoms in total. The van der Waals surface area contributed by atoms with Gasteiger partial charge < -0.3 is 14.0 Å². The van der Waals surface area contributed by atoms with Crippen LogP contribution in [0.4, 0.5) is 4.39 Å². The maximum atomic E-state index is 14.3. The van der Waals surface area contributed by atoms with E-state index in [1.165, 1.54) is 18.3 Å². The smallest absolute Gasteiger partial charge is 0.509 e. The van der Waals surface area contributed by atoms with Crippen molar-refractivity contribution in [2.75, 3.05) is 7.11 Å². The average Bonchev–Trinajstić information content (AvgIpc) is 3.49. The van der Waals surface area contributed by atoms with Crippen LogP contribution in [0.1, 0.15) is 11.4 Å². The van der Waals surface area contributed by atoms with Gasteiger partial charge in [0.1, 0.15) is 17.4 Å². The number of rotatable bonds is 6. The second-order valence-corrected chi connectivity index (χ2v) is 9.96. The van der Waals surface area contributed by atoms with Gasteiger partial charge in [-0.3, -0.25) is 4.68 Å². The monoisotopic (exact) mass is 747 g/mol. The van der Waals surface area contributed by atoms with E-state index in [9.17, 15) is 4.39 Å². The van der Waals surface area contributed by atoms with E-state index in [-0.39, 0.29) is 26.9 Å². The summed E-state index contributed by atoms with van der Waals surface area (Å²) in [5, 5.41) is 6.66. The van der Waals surface area contributed by atoms with E-state index < -0.39 is 0 Å². The Morgan fingerprint density at radius 3 is 2.42 bits per heavy atom. The molecule has 8 heteroatoms. The van der Waals surface area contributed by atoms with E-state index in [2.05, 4.69) is 36.2 Å². The summed E-state index contributed by atoms with van der Waals surface area (Å²) in [7, 11) is 1.63. The Balaban J connectivity index is 0.00000329. The van der Waals surface area contributed by atoms with Gasteiger partial charge in [-0.1, -0.05) is 35.8 Å². The van der Waals surface area contributed by atoms with Crippen molar-refractivity contribution in [3.05, 3.63) is 127 Å². The molecular weight excluding hydrogens is 722 g/mol. The van der Waals surface area contributed by atoms with Crippen molar-refractivity contribution in [1.29, 1.82) is 0 Å². The summed E-state index contributed by atoms with van der Waals surface area (Å²) in [6.45, 7) is 4.07. The third-order valence-corrected chi connectivity index (χ3v) is 7.35. The number of benzene rings is 4. The largest absolute Gasteiger partial charge is 2.00 e. The first-order chi connectivity index (χ1) is 20.5. The van der Waals surface area contributed by atoms with E-state index in [0.29, 0.717) is 22.8 Å². The SMILES string of the molecule is COc1ccc2c(c1)c1ccc(Oc3[c-]c(-n4nc(C)c(-c5ccccc5)c4C)ccc3)[c-]c1n2-c1cc(F)ccn1.[Pt+2]. The Morgan fingerprint density at radius 2 is 1.63 bits per heavy atom. The number of ether oxygens (including phenoxy) is 2. The number of aromatic nitrogens is 4. The second kappa shape index (κ2) is 11.5. The first kappa shape index (κ1) is 28.4. The van der Waals surface area contributed by atoms with Crippen molar-refractivity contribution in [3.8, 4) is 39.9 Å². The maximum Gasteiger partial charge on any atom is 2.00 e. The Labute approximate surface area is 262 Å². The second-order valence-electron chi connectivity index (χ2n) is 9.96. The summed E-state index contributed by atoms with van der Waals surface area (Å²) >= 11 is 0. The quantitative estimate of drug-likeness (QED) is 0.161. The van der Waals surface area contributed by atoms with Crippen LogP contribution in [-0.4, -0.2) is 26.4 Å². The fourth-order valence-corrected chi connectivity index (χ4v) is 5.48. The maximum absolute atomic E-state index is 14.3. The molecule has 0 fully saturated rings. The normalized spacial score (nSPS) is 11.1. The molecule has 3 heterocycles. The summed E-state index contributed by atoms with van der Waals surface area (Å²) in [5.74, 6) is 1.80. The van der Waals surface area contributed by atoms with Crippen LogP contribution in [0.3, 0.4) is 0 Å². The van der Waals surface area contributed by atoms with Gasteiger partial charge in [0.15, 0.2) is 0 Å². The molecule has 0 saturated heterocycles. The van der Waals surface area contributed by atoms with Crippen molar-refractivity contribution in [3.63, 3.8) is 0 Å². The van der Waals surface area contributed by atoms with E-state index in [1.807, 2.05) is 82.9 Å². The van der Waals surface area contributed by atoms with Crippen LogP contribution in [0.2, 0.25) is 0 Å². The minimum atomic E-state index is -0.373. The first-order valence-corrected chi connectivity index (χ1v) is 13.5. The number of fused-ring (bicyclic) bond motifs is 3. The molecule has 43 heavy (non-hydrogen) atoms. The summed E-state index contributed by atoms with van der Waals surface area (Å²) in [6, 6.07) is 35.0. The molecule has 0 unspecified atom stereocenters. The van der Waals surface area contributed by atoms with Gasteiger partial charge >= 0.3 is 21.1 Å². The molecular formula is C35H25FN4O2Pt. The van der Waals surface area contributed by atoms with Gasteiger partial charge in [-0.25, -0.2) is 9.37 Å². The van der Waals surface area contributed by atoms with Gasteiger partial charge in [-0.05, 0) is 54.8 Å². The standard InChI is InChI=1S/C35H25FN4O2.Pt/c1-22-35(24-8-5-4-6-9-24)23(2)40(38-22)26-10-7-11-28(19-26)42-29-12-14-30-31-20-27(41-3)13-15-32(31)39(33(30)21-29)34-18-25(36)16-17-37-34;/h4-18,20H,1-3H3;/q-2;+2.